The van der Waals surface area contributed by atoms with Crippen LogP contribution in [-0.2, 0) is 25.7 Å². The first-order valence-electron chi connectivity index (χ1n) is 10.6. The lowest BCUT2D eigenvalue weighted by atomic mass is 9.89. The molecule has 0 amide bonds. The Morgan fingerprint density at radius 1 is 0.786 bits per heavy atom. The molecule has 0 bridgehead atoms. The quantitative estimate of drug-likeness (QED) is 0.442. The van der Waals surface area contributed by atoms with Gasteiger partial charge < -0.3 is 0 Å². The Bertz CT molecular complexity index is 1010. The van der Waals surface area contributed by atoms with E-state index in [4.69, 9.17) is 0 Å². The molecule has 4 rings (SSSR count). The monoisotopic (exact) mass is 366 g/mol. The second-order valence-corrected chi connectivity index (χ2v) is 8.32. The topological polar surface area (TPSA) is 0 Å². The molecule has 0 nitrogen and oxygen atoms in total. The summed E-state index contributed by atoms with van der Waals surface area (Å²) in [4.78, 5) is 0. The zero-order chi connectivity index (χ0) is 19.5. The predicted octanol–water partition coefficient (Wildman–Crippen LogP) is 7.36. The first-order chi connectivity index (χ1) is 13.6. The van der Waals surface area contributed by atoms with Gasteiger partial charge in [0.1, 0.15) is 0 Å². The molecule has 0 heterocycles. The van der Waals surface area contributed by atoms with Gasteiger partial charge in [-0.15, -0.1) is 0 Å². The first kappa shape index (κ1) is 18.7. The molecule has 0 atom stereocenters. The fourth-order valence-electron chi connectivity index (χ4n) is 4.47. The summed E-state index contributed by atoms with van der Waals surface area (Å²) < 4.78 is 0. The first-order valence-corrected chi connectivity index (χ1v) is 10.6. The van der Waals surface area contributed by atoms with Crippen molar-refractivity contribution in [3.63, 3.8) is 0 Å². The minimum atomic E-state index is 1.07. The van der Waals surface area contributed by atoms with Gasteiger partial charge in [0.05, 0.1) is 0 Å². The van der Waals surface area contributed by atoms with E-state index >= 15 is 0 Å². The Labute approximate surface area is 169 Å². The smallest absolute Gasteiger partial charge is 0.0181 e. The summed E-state index contributed by atoms with van der Waals surface area (Å²) in [6, 6.07) is 23.0. The van der Waals surface area contributed by atoms with Gasteiger partial charge in [-0.1, -0.05) is 72.8 Å². The number of hydrogen-bond donors (Lipinski definition) is 0. The van der Waals surface area contributed by atoms with E-state index in [2.05, 4.69) is 81.1 Å². The zero-order valence-electron chi connectivity index (χ0n) is 17.2. The summed E-state index contributed by atoms with van der Waals surface area (Å²) in [5.74, 6) is 0. The maximum absolute atomic E-state index is 4.07. The van der Waals surface area contributed by atoms with Crippen LogP contribution in [0.4, 0.5) is 0 Å². The Morgan fingerprint density at radius 2 is 1.50 bits per heavy atom. The van der Waals surface area contributed by atoms with Crippen LogP contribution in [0.15, 0.2) is 67.2 Å². The Morgan fingerprint density at radius 3 is 2.25 bits per heavy atom. The third kappa shape index (κ3) is 4.12. The maximum Gasteiger partial charge on any atom is -0.0181 e. The van der Waals surface area contributed by atoms with Crippen molar-refractivity contribution >= 4 is 5.57 Å². The molecule has 0 saturated carbocycles. The van der Waals surface area contributed by atoms with Crippen molar-refractivity contribution in [3.05, 3.63) is 101 Å². The molecule has 1 aliphatic rings. The van der Waals surface area contributed by atoms with Crippen LogP contribution < -0.4 is 0 Å². The molecule has 0 spiro atoms. The van der Waals surface area contributed by atoms with E-state index in [1.165, 1.54) is 59.1 Å². The van der Waals surface area contributed by atoms with Gasteiger partial charge in [-0.3, -0.25) is 0 Å². The molecule has 0 aromatic heterocycles. The molecule has 142 valence electrons. The molecule has 0 fully saturated rings. The van der Waals surface area contributed by atoms with Gasteiger partial charge in [-0.25, -0.2) is 0 Å². The van der Waals surface area contributed by atoms with E-state index in [1.54, 1.807) is 11.1 Å². The molecule has 3 aromatic rings. The van der Waals surface area contributed by atoms with Crippen LogP contribution in [-0.4, -0.2) is 0 Å². The van der Waals surface area contributed by atoms with Gasteiger partial charge in [0, 0.05) is 0 Å². The van der Waals surface area contributed by atoms with Crippen molar-refractivity contribution in [1.29, 1.82) is 0 Å². The Kier molecular flexibility index (Phi) is 5.48. The van der Waals surface area contributed by atoms with Crippen molar-refractivity contribution in [2.24, 2.45) is 0 Å². The van der Waals surface area contributed by atoms with Gasteiger partial charge >= 0.3 is 0 Å². The normalized spacial score (nSPS) is 13.2. The number of aryl methyl sites for hydroxylation is 5. The predicted molar refractivity (Wildman–Crippen MR) is 122 cm³/mol. The van der Waals surface area contributed by atoms with Crippen molar-refractivity contribution < 1.29 is 0 Å². The van der Waals surface area contributed by atoms with Crippen LogP contribution in [0.1, 0.15) is 53.1 Å². The van der Waals surface area contributed by atoms with E-state index in [0.717, 1.165) is 18.4 Å². The van der Waals surface area contributed by atoms with Gasteiger partial charge in [-0.05, 0) is 96.9 Å². The average Bonchev–Trinajstić information content (AvgIpc) is 2.72. The lowest BCUT2D eigenvalue weighted by Gasteiger charge is -2.17. The van der Waals surface area contributed by atoms with Gasteiger partial charge in [0.15, 0.2) is 0 Å². The zero-order valence-corrected chi connectivity index (χ0v) is 17.2. The van der Waals surface area contributed by atoms with Gasteiger partial charge in [0.2, 0.25) is 0 Å². The molecule has 0 radical (unpaired) electrons. The fourth-order valence-corrected chi connectivity index (χ4v) is 4.47. The second kappa shape index (κ2) is 8.19. The summed E-state index contributed by atoms with van der Waals surface area (Å²) >= 11 is 0. The minimum Gasteiger partial charge on any atom is -0.0955 e. The lowest BCUT2D eigenvalue weighted by Crippen LogP contribution is -2.02. The highest BCUT2D eigenvalue weighted by atomic mass is 14.2. The largest absolute Gasteiger partial charge is 0.0955 e. The highest BCUT2D eigenvalue weighted by Crippen LogP contribution is 2.28. The Hall–Kier alpha value is -2.60. The second-order valence-electron chi connectivity index (χ2n) is 8.32. The van der Waals surface area contributed by atoms with E-state index in [1.807, 2.05) is 0 Å². The average molecular weight is 367 g/mol. The molecular formula is C28H30. The van der Waals surface area contributed by atoms with Crippen molar-refractivity contribution in [2.75, 3.05) is 0 Å². The van der Waals surface area contributed by atoms with Gasteiger partial charge in [-0.2, -0.15) is 0 Å². The molecule has 28 heavy (non-hydrogen) atoms. The lowest BCUT2D eigenvalue weighted by molar-refractivity contribution is 0.686. The van der Waals surface area contributed by atoms with Gasteiger partial charge in [0.25, 0.3) is 0 Å². The fraction of sp³-hybridized carbons (Fsp3) is 0.286. The standard InChI is InChI=1S/C28H30/c1-20(2)28-16-13-23(17-21(28)3)12-11-22-7-6-10-25(18-22)27-15-14-24-8-4-5-9-26(24)19-27/h6-7,10,13-19H,1,4-5,8-9,11-12H2,2-3H3. The van der Waals surface area contributed by atoms with Crippen LogP contribution in [0.2, 0.25) is 0 Å². The van der Waals surface area contributed by atoms with Crippen molar-refractivity contribution in [3.8, 4) is 11.1 Å². The van der Waals surface area contributed by atoms with Crippen LogP contribution >= 0.6 is 0 Å². The molecule has 0 heteroatoms. The third-order valence-corrected chi connectivity index (χ3v) is 6.06. The molecule has 0 saturated heterocycles. The van der Waals surface area contributed by atoms with Crippen LogP contribution in [0, 0.1) is 6.92 Å². The van der Waals surface area contributed by atoms with E-state index in [9.17, 15) is 0 Å². The molecule has 3 aromatic carbocycles. The van der Waals surface area contributed by atoms with Crippen molar-refractivity contribution in [2.45, 2.75) is 52.4 Å². The summed E-state index contributed by atoms with van der Waals surface area (Å²) in [5.41, 5.74) is 12.4. The number of rotatable bonds is 5. The minimum absolute atomic E-state index is 1.07. The maximum atomic E-state index is 4.07. The highest BCUT2D eigenvalue weighted by molar-refractivity contribution is 5.66. The molecule has 1 aliphatic carbocycles. The van der Waals surface area contributed by atoms with E-state index in [0.29, 0.717) is 0 Å². The summed E-state index contributed by atoms with van der Waals surface area (Å²) in [7, 11) is 0. The van der Waals surface area contributed by atoms with Crippen LogP contribution in [0.25, 0.3) is 16.7 Å². The molecule has 0 unspecified atom stereocenters. The van der Waals surface area contributed by atoms with Crippen LogP contribution in [0.5, 0.6) is 0 Å². The number of fused-ring (bicyclic) bond motifs is 1. The van der Waals surface area contributed by atoms with Crippen LogP contribution in [0.3, 0.4) is 0 Å². The third-order valence-electron chi connectivity index (χ3n) is 6.06. The van der Waals surface area contributed by atoms with E-state index < -0.39 is 0 Å². The summed E-state index contributed by atoms with van der Waals surface area (Å²) in [6.07, 6.45) is 7.31. The highest BCUT2D eigenvalue weighted by Gasteiger charge is 2.10. The van der Waals surface area contributed by atoms with Crippen molar-refractivity contribution in [1.82, 2.24) is 0 Å². The summed E-state index contributed by atoms with van der Waals surface area (Å²) in [5, 5.41) is 0. The SMILES string of the molecule is C=C(C)c1ccc(CCc2cccc(-c3ccc4c(c3)CCCC4)c2)cc1C. The van der Waals surface area contributed by atoms with E-state index in [-0.39, 0.29) is 0 Å². The summed E-state index contributed by atoms with van der Waals surface area (Å²) in [6.45, 7) is 8.34. The molecular weight excluding hydrogens is 336 g/mol. The molecule has 0 N–H and O–H groups in total. The number of hydrogen-bond acceptors (Lipinski definition) is 0. The number of allylic oxidation sites excluding steroid dienone is 1. The Balaban J connectivity index is 1.50. The molecule has 0 aliphatic heterocycles. The number of benzene rings is 3.